The maximum absolute atomic E-state index is 14.6. The summed E-state index contributed by atoms with van der Waals surface area (Å²) in [5.41, 5.74) is 3.61. The van der Waals surface area contributed by atoms with Gasteiger partial charge in [-0.05, 0) is 44.0 Å². The van der Waals surface area contributed by atoms with Gasteiger partial charge in [0.05, 0.1) is 6.54 Å². The number of hydrogen-bond donors (Lipinski definition) is 1. The number of rotatable bonds is 11. The van der Waals surface area contributed by atoms with Crippen LogP contribution in [0.5, 0.6) is 0 Å². The Balaban J connectivity index is 1.55. The molecule has 0 saturated heterocycles. The van der Waals surface area contributed by atoms with Crippen LogP contribution in [0, 0.1) is 5.82 Å². The first kappa shape index (κ1) is 25.7. The molecule has 0 spiro atoms. The number of amides is 1. The summed E-state index contributed by atoms with van der Waals surface area (Å²) in [4.78, 5) is 19.2. The lowest BCUT2D eigenvalue weighted by atomic mass is 9.88. The second-order valence-corrected chi connectivity index (χ2v) is 10.2. The lowest BCUT2D eigenvalue weighted by Crippen LogP contribution is -2.30. The van der Waals surface area contributed by atoms with Crippen LogP contribution < -0.4 is 5.32 Å². The average Bonchev–Trinajstić information content (AvgIpc) is 3.35. The molecule has 0 unspecified atom stereocenters. The fourth-order valence-corrected chi connectivity index (χ4v) is 5.12. The Bertz CT molecular complexity index is 1200. The van der Waals surface area contributed by atoms with Crippen molar-refractivity contribution in [2.24, 2.45) is 0 Å². The molecule has 186 valence electrons. The Kier molecular flexibility index (Phi) is 8.98. The third-order valence-electron chi connectivity index (χ3n) is 6.05. The van der Waals surface area contributed by atoms with E-state index in [9.17, 15) is 9.18 Å². The molecular weight excluding hydrogens is 469 g/mol. The second-order valence-electron chi connectivity index (χ2n) is 9.22. The van der Waals surface area contributed by atoms with Gasteiger partial charge in [-0.15, -0.1) is 11.3 Å². The van der Waals surface area contributed by atoms with Gasteiger partial charge in [0.1, 0.15) is 16.5 Å². The van der Waals surface area contributed by atoms with E-state index < -0.39 is 0 Å². The number of benzene rings is 3. The van der Waals surface area contributed by atoms with E-state index in [-0.39, 0.29) is 23.7 Å². The minimum atomic E-state index is -0.207. The summed E-state index contributed by atoms with van der Waals surface area (Å²) in [6.45, 7) is 5.62. The standard InChI is InChI=1S/C30H32FN3OS/c1-22(2)32-30(35)28-21-36-29(33-28)20-34(19-25-15-9-10-16-27(25)31)18-17-26(23-11-5-3-6-12-23)24-13-7-4-8-14-24/h3-16,21-22,26H,17-20H2,1-2H3,(H,32,35). The number of aromatic nitrogens is 1. The molecule has 0 aliphatic carbocycles. The van der Waals surface area contributed by atoms with Crippen molar-refractivity contribution >= 4 is 17.2 Å². The number of halogens is 1. The highest BCUT2D eigenvalue weighted by Gasteiger charge is 2.19. The molecule has 1 amide bonds. The fourth-order valence-electron chi connectivity index (χ4n) is 4.30. The van der Waals surface area contributed by atoms with E-state index >= 15 is 0 Å². The first-order chi connectivity index (χ1) is 17.5. The molecule has 1 heterocycles. The molecule has 0 aliphatic rings. The Labute approximate surface area is 216 Å². The normalized spacial score (nSPS) is 11.4. The van der Waals surface area contributed by atoms with Crippen LogP contribution in [0.1, 0.15) is 58.4 Å². The minimum Gasteiger partial charge on any atom is -0.349 e. The highest BCUT2D eigenvalue weighted by molar-refractivity contribution is 7.09. The van der Waals surface area contributed by atoms with Crippen molar-refractivity contribution in [2.75, 3.05) is 6.54 Å². The summed E-state index contributed by atoms with van der Waals surface area (Å²) in [6, 6.07) is 28.0. The number of carbonyl (C=O) groups is 1. The molecule has 0 fully saturated rings. The van der Waals surface area contributed by atoms with Crippen LogP contribution in [-0.2, 0) is 13.1 Å². The monoisotopic (exact) mass is 501 g/mol. The lowest BCUT2D eigenvalue weighted by molar-refractivity contribution is 0.0938. The fraction of sp³-hybridized carbons (Fsp3) is 0.267. The number of nitrogens with zero attached hydrogens (tertiary/aromatic N) is 2. The molecule has 0 saturated carbocycles. The maximum atomic E-state index is 14.6. The average molecular weight is 502 g/mol. The van der Waals surface area contributed by atoms with E-state index in [1.165, 1.54) is 28.5 Å². The van der Waals surface area contributed by atoms with Gasteiger partial charge in [-0.1, -0.05) is 78.9 Å². The van der Waals surface area contributed by atoms with Crippen molar-refractivity contribution in [2.45, 2.75) is 45.3 Å². The smallest absolute Gasteiger partial charge is 0.270 e. The van der Waals surface area contributed by atoms with Crippen molar-refractivity contribution in [1.82, 2.24) is 15.2 Å². The number of hydrogen-bond acceptors (Lipinski definition) is 4. The molecule has 0 atom stereocenters. The maximum Gasteiger partial charge on any atom is 0.270 e. The van der Waals surface area contributed by atoms with E-state index in [2.05, 4.69) is 63.7 Å². The van der Waals surface area contributed by atoms with Crippen LogP contribution in [0.3, 0.4) is 0 Å². The molecule has 6 heteroatoms. The Morgan fingerprint density at radius 2 is 1.53 bits per heavy atom. The van der Waals surface area contributed by atoms with Gasteiger partial charge in [-0.3, -0.25) is 9.69 Å². The van der Waals surface area contributed by atoms with Crippen LogP contribution in [-0.4, -0.2) is 28.4 Å². The second kappa shape index (κ2) is 12.6. The van der Waals surface area contributed by atoms with Crippen LogP contribution in [0.2, 0.25) is 0 Å². The van der Waals surface area contributed by atoms with E-state index in [4.69, 9.17) is 0 Å². The molecule has 36 heavy (non-hydrogen) atoms. The molecule has 4 nitrogen and oxygen atoms in total. The summed E-state index contributed by atoms with van der Waals surface area (Å²) in [7, 11) is 0. The summed E-state index contributed by atoms with van der Waals surface area (Å²) in [5.74, 6) is -0.151. The molecule has 0 radical (unpaired) electrons. The van der Waals surface area contributed by atoms with Crippen molar-refractivity contribution in [3.8, 4) is 0 Å². The van der Waals surface area contributed by atoms with Crippen LogP contribution in [0.25, 0.3) is 0 Å². The number of carbonyl (C=O) groups excluding carboxylic acids is 1. The van der Waals surface area contributed by atoms with Gasteiger partial charge < -0.3 is 5.32 Å². The van der Waals surface area contributed by atoms with E-state index in [0.717, 1.165) is 18.0 Å². The van der Waals surface area contributed by atoms with Gasteiger partial charge in [0.25, 0.3) is 5.91 Å². The zero-order valence-corrected chi connectivity index (χ0v) is 21.5. The van der Waals surface area contributed by atoms with Gasteiger partial charge in [0.15, 0.2) is 0 Å². The molecule has 4 rings (SSSR count). The quantitative estimate of drug-likeness (QED) is 0.250. The third-order valence-corrected chi connectivity index (χ3v) is 6.89. The highest BCUT2D eigenvalue weighted by Crippen LogP contribution is 2.29. The van der Waals surface area contributed by atoms with Crippen molar-refractivity contribution in [1.29, 1.82) is 0 Å². The lowest BCUT2D eigenvalue weighted by Gasteiger charge is -2.25. The van der Waals surface area contributed by atoms with Gasteiger partial charge in [0, 0.05) is 29.4 Å². The van der Waals surface area contributed by atoms with Crippen LogP contribution in [0.15, 0.2) is 90.3 Å². The Morgan fingerprint density at radius 3 is 2.14 bits per heavy atom. The molecule has 0 bridgehead atoms. The van der Waals surface area contributed by atoms with Gasteiger partial charge >= 0.3 is 0 Å². The Hall–Kier alpha value is -3.35. The third kappa shape index (κ3) is 7.09. The van der Waals surface area contributed by atoms with Crippen LogP contribution in [0.4, 0.5) is 4.39 Å². The predicted octanol–water partition coefficient (Wildman–Crippen LogP) is 6.64. The molecule has 0 aliphatic heterocycles. The van der Waals surface area contributed by atoms with E-state index in [1.54, 1.807) is 11.4 Å². The molecule has 1 N–H and O–H groups in total. The summed E-state index contributed by atoms with van der Waals surface area (Å²) in [5, 5.41) is 5.53. The Morgan fingerprint density at radius 1 is 0.917 bits per heavy atom. The topological polar surface area (TPSA) is 45.2 Å². The number of thiazole rings is 1. The molecular formula is C30H32FN3OS. The van der Waals surface area contributed by atoms with E-state index in [1.807, 2.05) is 38.1 Å². The van der Waals surface area contributed by atoms with Gasteiger partial charge in [-0.25, -0.2) is 9.37 Å². The van der Waals surface area contributed by atoms with Gasteiger partial charge in [-0.2, -0.15) is 0 Å². The van der Waals surface area contributed by atoms with Crippen LogP contribution >= 0.6 is 11.3 Å². The molecule has 3 aromatic carbocycles. The van der Waals surface area contributed by atoms with Crippen molar-refractivity contribution in [3.05, 3.63) is 124 Å². The van der Waals surface area contributed by atoms with Crippen molar-refractivity contribution < 1.29 is 9.18 Å². The SMILES string of the molecule is CC(C)NC(=O)c1csc(CN(CCC(c2ccccc2)c2ccccc2)Cc2ccccc2F)n1. The highest BCUT2D eigenvalue weighted by atomic mass is 32.1. The first-order valence-corrected chi connectivity index (χ1v) is 13.2. The molecule has 1 aromatic heterocycles. The summed E-state index contributed by atoms with van der Waals surface area (Å²) < 4.78 is 14.6. The zero-order valence-electron chi connectivity index (χ0n) is 20.7. The minimum absolute atomic E-state index is 0.0492. The predicted molar refractivity (Wildman–Crippen MR) is 145 cm³/mol. The number of nitrogens with one attached hydrogen (secondary N) is 1. The van der Waals surface area contributed by atoms with E-state index in [0.29, 0.717) is 24.3 Å². The zero-order chi connectivity index (χ0) is 25.3. The molecule has 4 aromatic rings. The summed E-state index contributed by atoms with van der Waals surface area (Å²) >= 11 is 1.47. The van der Waals surface area contributed by atoms with Crippen molar-refractivity contribution in [3.63, 3.8) is 0 Å². The summed E-state index contributed by atoms with van der Waals surface area (Å²) in [6.07, 6.45) is 0.870. The first-order valence-electron chi connectivity index (χ1n) is 12.3. The van der Waals surface area contributed by atoms with Gasteiger partial charge in [0.2, 0.25) is 0 Å². The largest absolute Gasteiger partial charge is 0.349 e.